The summed E-state index contributed by atoms with van der Waals surface area (Å²) < 4.78 is 7.10. The molecule has 2 aromatic rings. The van der Waals surface area contributed by atoms with Crippen LogP contribution in [-0.4, -0.2) is 17.0 Å². The second-order valence-electron chi connectivity index (χ2n) is 7.26. The van der Waals surface area contributed by atoms with E-state index >= 15 is 0 Å². The number of nitrogens with zero attached hydrogens (tertiary/aromatic N) is 1. The van der Waals surface area contributed by atoms with E-state index in [9.17, 15) is 4.79 Å². The highest BCUT2D eigenvalue weighted by atomic mass is 79.9. The van der Waals surface area contributed by atoms with Gasteiger partial charge in [0.05, 0.1) is 5.41 Å². The highest BCUT2D eigenvalue weighted by Gasteiger charge is 2.51. The molecule has 1 amide bonds. The van der Waals surface area contributed by atoms with Gasteiger partial charge in [0.2, 0.25) is 11.8 Å². The average Bonchev–Trinajstić information content (AvgIpc) is 3.31. The summed E-state index contributed by atoms with van der Waals surface area (Å²) in [5.74, 6) is 0.753. The molecule has 0 aliphatic heterocycles. The van der Waals surface area contributed by atoms with Gasteiger partial charge in [-0.25, -0.2) is 4.98 Å². The molecular formula is C21H23BrN2O2. The summed E-state index contributed by atoms with van der Waals surface area (Å²) in [7, 11) is 0. The lowest BCUT2D eigenvalue weighted by Crippen LogP contribution is -2.34. The molecule has 2 aliphatic rings. The van der Waals surface area contributed by atoms with Crippen molar-refractivity contribution >= 4 is 21.8 Å². The summed E-state index contributed by atoms with van der Waals surface area (Å²) in [4.78, 5) is 17.2. The van der Waals surface area contributed by atoms with Gasteiger partial charge in [-0.2, -0.15) is 0 Å². The monoisotopic (exact) mass is 414 g/mol. The fraction of sp³-hybridized carbons (Fsp3) is 0.429. The van der Waals surface area contributed by atoms with E-state index in [1.165, 1.54) is 12.8 Å². The van der Waals surface area contributed by atoms with E-state index in [0.717, 1.165) is 41.3 Å². The van der Waals surface area contributed by atoms with E-state index < -0.39 is 0 Å². The second kappa shape index (κ2) is 7.39. The molecule has 2 saturated carbocycles. The molecule has 136 valence electrons. The lowest BCUT2D eigenvalue weighted by Gasteiger charge is -2.18. The van der Waals surface area contributed by atoms with Crippen LogP contribution in [0.5, 0.6) is 5.88 Å². The molecule has 1 aromatic heterocycles. The Morgan fingerprint density at radius 2 is 1.92 bits per heavy atom. The van der Waals surface area contributed by atoms with Gasteiger partial charge in [-0.1, -0.05) is 34.1 Å². The predicted octanol–water partition coefficient (Wildman–Crippen LogP) is 4.51. The van der Waals surface area contributed by atoms with Crippen LogP contribution in [0.15, 0.2) is 47.1 Å². The normalized spacial score (nSPS) is 18.5. The molecule has 5 heteroatoms. The summed E-state index contributed by atoms with van der Waals surface area (Å²) in [6.07, 6.45) is 8.44. The van der Waals surface area contributed by atoms with E-state index in [4.69, 9.17) is 4.74 Å². The molecule has 1 aromatic carbocycles. The number of ether oxygens (including phenoxy) is 1. The fourth-order valence-electron chi connectivity index (χ4n) is 3.71. The van der Waals surface area contributed by atoms with Crippen LogP contribution in [0.1, 0.15) is 49.7 Å². The molecule has 0 bridgehead atoms. The van der Waals surface area contributed by atoms with Crippen LogP contribution in [-0.2, 0) is 16.8 Å². The number of aromatic nitrogens is 1. The number of hydrogen-bond acceptors (Lipinski definition) is 3. The minimum atomic E-state index is -0.366. The minimum absolute atomic E-state index is 0.0930. The Balaban J connectivity index is 1.42. The first-order valence-corrected chi connectivity index (χ1v) is 10.1. The van der Waals surface area contributed by atoms with Crippen LogP contribution in [0.2, 0.25) is 0 Å². The van der Waals surface area contributed by atoms with Gasteiger partial charge in [0.25, 0.3) is 0 Å². The Kier molecular flexibility index (Phi) is 4.98. The molecule has 1 heterocycles. The van der Waals surface area contributed by atoms with Gasteiger partial charge in [0, 0.05) is 22.8 Å². The molecule has 1 N–H and O–H groups in total. The lowest BCUT2D eigenvalue weighted by molar-refractivity contribution is -0.123. The minimum Gasteiger partial charge on any atom is -0.474 e. The molecule has 2 aliphatic carbocycles. The number of carbonyl (C=O) groups excluding carboxylic acids is 1. The van der Waals surface area contributed by atoms with Crippen molar-refractivity contribution in [2.45, 2.75) is 56.6 Å². The van der Waals surface area contributed by atoms with Crippen molar-refractivity contribution in [1.29, 1.82) is 0 Å². The van der Waals surface area contributed by atoms with Crippen LogP contribution in [0, 0.1) is 0 Å². The molecule has 0 radical (unpaired) electrons. The van der Waals surface area contributed by atoms with Crippen molar-refractivity contribution in [3.8, 4) is 5.88 Å². The van der Waals surface area contributed by atoms with Crippen LogP contribution < -0.4 is 10.1 Å². The molecule has 0 saturated heterocycles. The topological polar surface area (TPSA) is 51.2 Å². The third-order valence-electron chi connectivity index (χ3n) is 5.45. The molecule has 0 spiro atoms. The van der Waals surface area contributed by atoms with Gasteiger partial charge in [-0.3, -0.25) is 4.79 Å². The molecule has 4 nitrogen and oxygen atoms in total. The first-order chi connectivity index (χ1) is 12.7. The van der Waals surface area contributed by atoms with Crippen LogP contribution in [0.3, 0.4) is 0 Å². The van der Waals surface area contributed by atoms with Gasteiger partial charge >= 0.3 is 0 Å². The molecule has 4 rings (SSSR count). The number of pyridine rings is 1. The van der Waals surface area contributed by atoms with E-state index in [-0.39, 0.29) is 17.4 Å². The van der Waals surface area contributed by atoms with Crippen molar-refractivity contribution in [2.24, 2.45) is 0 Å². The molecule has 2 fully saturated rings. The summed E-state index contributed by atoms with van der Waals surface area (Å²) in [5, 5.41) is 3.11. The van der Waals surface area contributed by atoms with Crippen molar-refractivity contribution in [3.63, 3.8) is 0 Å². The first kappa shape index (κ1) is 17.5. The zero-order valence-corrected chi connectivity index (χ0v) is 16.3. The second-order valence-corrected chi connectivity index (χ2v) is 8.18. The Labute approximate surface area is 162 Å². The number of nitrogens with one attached hydrogen (secondary N) is 1. The zero-order valence-electron chi connectivity index (χ0n) is 14.7. The summed E-state index contributed by atoms with van der Waals surface area (Å²) in [6, 6.07) is 11.9. The van der Waals surface area contributed by atoms with E-state index in [1.54, 1.807) is 6.20 Å². The van der Waals surface area contributed by atoms with E-state index in [0.29, 0.717) is 12.4 Å². The Hall–Kier alpha value is -1.88. The Morgan fingerprint density at radius 3 is 2.62 bits per heavy atom. The third kappa shape index (κ3) is 3.63. The average molecular weight is 415 g/mol. The van der Waals surface area contributed by atoms with Crippen LogP contribution >= 0.6 is 15.9 Å². The van der Waals surface area contributed by atoms with Gasteiger partial charge < -0.3 is 10.1 Å². The maximum Gasteiger partial charge on any atom is 0.230 e. The van der Waals surface area contributed by atoms with Gasteiger partial charge in [0.1, 0.15) is 6.10 Å². The molecular weight excluding hydrogens is 392 g/mol. The number of benzene rings is 1. The highest BCUT2D eigenvalue weighted by Crippen LogP contribution is 2.48. The number of rotatable bonds is 6. The number of amides is 1. The fourth-order valence-corrected chi connectivity index (χ4v) is 3.98. The maximum atomic E-state index is 12.9. The lowest BCUT2D eigenvalue weighted by atomic mass is 9.95. The van der Waals surface area contributed by atoms with Crippen LogP contribution in [0.25, 0.3) is 0 Å². The Morgan fingerprint density at radius 1 is 1.19 bits per heavy atom. The highest BCUT2D eigenvalue weighted by molar-refractivity contribution is 9.10. The molecule has 26 heavy (non-hydrogen) atoms. The standard InChI is InChI=1S/C21H23BrN2O2/c22-17-9-7-16(8-10-17)21(11-12-21)20(25)24-14-15-4-3-13-23-19(15)26-18-5-1-2-6-18/h3-4,7-10,13,18H,1-2,5-6,11-12,14H2,(H,24,25). The van der Waals surface area contributed by atoms with Crippen molar-refractivity contribution in [1.82, 2.24) is 10.3 Å². The zero-order chi connectivity index (χ0) is 18.0. The van der Waals surface area contributed by atoms with Gasteiger partial charge in [-0.15, -0.1) is 0 Å². The molecule has 0 unspecified atom stereocenters. The summed E-state index contributed by atoms with van der Waals surface area (Å²) >= 11 is 3.45. The molecule has 0 atom stereocenters. The Bertz CT molecular complexity index is 781. The smallest absolute Gasteiger partial charge is 0.230 e. The van der Waals surface area contributed by atoms with Crippen molar-refractivity contribution in [2.75, 3.05) is 0 Å². The number of hydrogen-bond donors (Lipinski definition) is 1. The van der Waals surface area contributed by atoms with Crippen molar-refractivity contribution < 1.29 is 9.53 Å². The number of halogens is 1. The van der Waals surface area contributed by atoms with E-state index in [1.807, 2.05) is 36.4 Å². The van der Waals surface area contributed by atoms with Gasteiger partial charge in [0.15, 0.2) is 0 Å². The first-order valence-electron chi connectivity index (χ1n) is 9.32. The summed E-state index contributed by atoms with van der Waals surface area (Å²) in [5.41, 5.74) is 1.67. The number of carbonyl (C=O) groups is 1. The van der Waals surface area contributed by atoms with Gasteiger partial charge in [-0.05, 0) is 62.3 Å². The summed E-state index contributed by atoms with van der Waals surface area (Å²) in [6.45, 7) is 0.451. The predicted molar refractivity (Wildman–Crippen MR) is 104 cm³/mol. The SMILES string of the molecule is O=C(NCc1cccnc1OC1CCCC1)C1(c2ccc(Br)cc2)CC1. The van der Waals surface area contributed by atoms with Crippen molar-refractivity contribution in [3.05, 3.63) is 58.2 Å². The third-order valence-corrected chi connectivity index (χ3v) is 5.98. The van der Waals surface area contributed by atoms with E-state index in [2.05, 4.69) is 26.2 Å². The van der Waals surface area contributed by atoms with Crippen LogP contribution in [0.4, 0.5) is 0 Å². The quantitative estimate of drug-likeness (QED) is 0.755. The largest absolute Gasteiger partial charge is 0.474 e. The maximum absolute atomic E-state index is 12.9.